The topological polar surface area (TPSA) is 44.0 Å². The monoisotopic (exact) mass is 271 g/mol. The van der Waals surface area contributed by atoms with Gasteiger partial charge in [0.1, 0.15) is 12.2 Å². The van der Waals surface area contributed by atoms with Crippen molar-refractivity contribution in [1.82, 2.24) is 0 Å². The summed E-state index contributed by atoms with van der Waals surface area (Å²) < 4.78 is 65.0. The van der Waals surface area contributed by atoms with Crippen LogP contribution in [0.1, 0.15) is 12.0 Å². The molecule has 1 aromatic rings. The van der Waals surface area contributed by atoms with E-state index in [-0.39, 0.29) is 5.75 Å². The molecule has 0 bridgehead atoms. The second kappa shape index (κ2) is 6.14. The summed E-state index contributed by atoms with van der Waals surface area (Å²) in [5.41, 5.74) is 0.563. The number of hydrogen-bond donors (Lipinski definition) is 1. The molecule has 0 aromatic heterocycles. The van der Waals surface area contributed by atoms with Gasteiger partial charge in [-0.3, -0.25) is 0 Å². The van der Waals surface area contributed by atoms with Crippen molar-refractivity contribution < 1.29 is 31.4 Å². The summed E-state index contributed by atoms with van der Waals surface area (Å²) in [6, 6.07) is 8.04. The Morgan fingerprint density at radius 2 is 1.33 bits per heavy atom. The number of phenolic OH excluding ortho intramolecular Hbond substituents is 1. The molecule has 0 heterocycles. The van der Waals surface area contributed by atoms with Gasteiger partial charge < -0.3 is 5.11 Å². The van der Waals surface area contributed by atoms with E-state index < -0.39 is 18.8 Å². The van der Waals surface area contributed by atoms with Gasteiger partial charge in [0.05, 0.1) is 11.6 Å². The van der Waals surface area contributed by atoms with Gasteiger partial charge in [-0.05, 0) is 24.3 Å². The van der Waals surface area contributed by atoms with Crippen LogP contribution in [0.25, 0.3) is 0 Å². The Balaban J connectivity index is 0.000000321. The van der Waals surface area contributed by atoms with Gasteiger partial charge >= 0.3 is 12.4 Å². The summed E-state index contributed by atoms with van der Waals surface area (Å²) in [6.45, 7) is 0. The highest BCUT2D eigenvalue weighted by Crippen LogP contribution is 2.31. The summed E-state index contributed by atoms with van der Waals surface area (Å²) in [5.74, 6) is 0.189. The zero-order valence-corrected chi connectivity index (χ0v) is 8.68. The average Bonchev–Trinajstić information content (AvgIpc) is 2.14. The first-order valence-corrected chi connectivity index (χ1v) is 4.36. The molecule has 0 spiro atoms. The molecule has 100 valence electrons. The van der Waals surface area contributed by atoms with Crippen LogP contribution in [0.15, 0.2) is 24.3 Å². The lowest BCUT2D eigenvalue weighted by atomic mass is 10.2. The molecular formula is C10H7F6NO. The van der Waals surface area contributed by atoms with Crippen LogP contribution >= 0.6 is 0 Å². The fourth-order valence-corrected chi connectivity index (χ4v) is 0.763. The molecule has 1 rings (SSSR count). The van der Waals surface area contributed by atoms with Crippen LogP contribution in [0.4, 0.5) is 26.3 Å². The Labute approximate surface area is 98.1 Å². The maximum Gasteiger partial charge on any atom is 0.397 e. The molecule has 0 atom stereocenters. The maximum atomic E-state index is 10.8. The van der Waals surface area contributed by atoms with Crippen LogP contribution in [0.2, 0.25) is 0 Å². The molecule has 0 aliphatic heterocycles. The van der Waals surface area contributed by atoms with Gasteiger partial charge in [-0.15, -0.1) is 0 Å². The lowest BCUT2D eigenvalue weighted by Crippen LogP contribution is -2.20. The highest BCUT2D eigenvalue weighted by atomic mass is 19.4. The van der Waals surface area contributed by atoms with Crippen molar-refractivity contribution in [2.24, 2.45) is 0 Å². The normalized spacial score (nSPS) is 11.2. The summed E-state index contributed by atoms with van der Waals surface area (Å²) in [7, 11) is 0. The number of halogens is 6. The minimum absolute atomic E-state index is 0.189. The van der Waals surface area contributed by atoms with E-state index in [2.05, 4.69) is 0 Å². The lowest BCUT2D eigenvalue weighted by Gasteiger charge is -2.08. The highest BCUT2D eigenvalue weighted by Gasteiger charge is 2.43. The molecule has 0 unspecified atom stereocenters. The Kier molecular flexibility index (Phi) is 5.49. The van der Waals surface area contributed by atoms with E-state index in [9.17, 15) is 26.3 Å². The first kappa shape index (κ1) is 16.1. The van der Waals surface area contributed by atoms with Gasteiger partial charge in [0.2, 0.25) is 0 Å². The van der Waals surface area contributed by atoms with Gasteiger partial charge in [0.25, 0.3) is 0 Å². The summed E-state index contributed by atoms with van der Waals surface area (Å²) in [5, 5.41) is 17.0. The molecule has 0 aliphatic carbocycles. The molecule has 0 radical (unpaired) electrons. The van der Waals surface area contributed by atoms with Crippen molar-refractivity contribution in [2.45, 2.75) is 18.8 Å². The van der Waals surface area contributed by atoms with Crippen molar-refractivity contribution in [3.63, 3.8) is 0 Å². The number of benzene rings is 1. The summed E-state index contributed by atoms with van der Waals surface area (Å²) in [4.78, 5) is 0. The van der Waals surface area contributed by atoms with Gasteiger partial charge in [-0.25, -0.2) is 0 Å². The molecule has 0 fully saturated rings. The second-order valence-electron chi connectivity index (χ2n) is 3.07. The molecule has 18 heavy (non-hydrogen) atoms. The minimum Gasteiger partial charge on any atom is -0.508 e. The van der Waals surface area contributed by atoms with Crippen LogP contribution in [0, 0.1) is 11.3 Å². The first-order valence-electron chi connectivity index (χ1n) is 4.36. The number of hydrogen-bond acceptors (Lipinski definition) is 2. The molecule has 1 aromatic carbocycles. The van der Waals surface area contributed by atoms with Crippen LogP contribution in [0.5, 0.6) is 5.75 Å². The van der Waals surface area contributed by atoms with E-state index in [1.165, 1.54) is 12.1 Å². The standard InChI is InChI=1S/C7H5NO.C3H2F6/c8-5-6-1-3-7(9)4-2-6;4-2(5,6)1-3(7,8)9/h1-4,9H;1H2. The molecule has 0 aliphatic rings. The third-order valence-corrected chi connectivity index (χ3v) is 1.40. The molecule has 2 nitrogen and oxygen atoms in total. The van der Waals surface area contributed by atoms with E-state index in [0.29, 0.717) is 5.56 Å². The van der Waals surface area contributed by atoms with Crippen LogP contribution in [-0.4, -0.2) is 17.5 Å². The first-order chi connectivity index (χ1) is 8.03. The summed E-state index contributed by atoms with van der Waals surface area (Å²) in [6.07, 6.45) is -13.0. The van der Waals surface area contributed by atoms with Crippen LogP contribution in [-0.2, 0) is 0 Å². The third-order valence-electron chi connectivity index (χ3n) is 1.40. The molecule has 8 heteroatoms. The highest BCUT2D eigenvalue weighted by molar-refractivity contribution is 5.33. The van der Waals surface area contributed by atoms with E-state index in [0.717, 1.165) is 0 Å². The Morgan fingerprint density at radius 1 is 0.944 bits per heavy atom. The Morgan fingerprint density at radius 3 is 1.56 bits per heavy atom. The zero-order chi connectivity index (χ0) is 14.4. The second-order valence-corrected chi connectivity index (χ2v) is 3.07. The van der Waals surface area contributed by atoms with Gasteiger partial charge in [0.15, 0.2) is 0 Å². The fourth-order valence-electron chi connectivity index (χ4n) is 0.763. The van der Waals surface area contributed by atoms with Crippen molar-refractivity contribution in [1.29, 1.82) is 5.26 Å². The van der Waals surface area contributed by atoms with Gasteiger partial charge in [0, 0.05) is 0 Å². The third kappa shape index (κ3) is 9.33. The predicted molar refractivity (Wildman–Crippen MR) is 49.5 cm³/mol. The van der Waals surface area contributed by atoms with Crippen LogP contribution in [0.3, 0.4) is 0 Å². The largest absolute Gasteiger partial charge is 0.508 e. The van der Waals surface area contributed by atoms with Crippen molar-refractivity contribution in [2.75, 3.05) is 0 Å². The zero-order valence-electron chi connectivity index (χ0n) is 8.68. The molecule has 1 N–H and O–H groups in total. The maximum absolute atomic E-state index is 10.8. The van der Waals surface area contributed by atoms with Gasteiger partial charge in [-0.1, -0.05) is 0 Å². The van der Waals surface area contributed by atoms with Crippen molar-refractivity contribution >= 4 is 0 Å². The minimum atomic E-state index is -5.14. The number of aromatic hydroxyl groups is 1. The number of alkyl halides is 6. The number of nitriles is 1. The lowest BCUT2D eigenvalue weighted by molar-refractivity contribution is -0.232. The fraction of sp³-hybridized carbons (Fsp3) is 0.300. The quantitative estimate of drug-likeness (QED) is 0.730. The Hall–Kier alpha value is -1.91. The van der Waals surface area contributed by atoms with Crippen molar-refractivity contribution in [3.05, 3.63) is 29.8 Å². The number of rotatable bonds is 0. The molecule has 0 amide bonds. The predicted octanol–water partition coefficient (Wildman–Crippen LogP) is 3.76. The van der Waals surface area contributed by atoms with E-state index in [1.54, 1.807) is 12.1 Å². The Bertz CT molecular complexity index is 388. The summed E-state index contributed by atoms with van der Waals surface area (Å²) >= 11 is 0. The van der Waals surface area contributed by atoms with Crippen molar-refractivity contribution in [3.8, 4) is 11.8 Å². The van der Waals surface area contributed by atoms with Gasteiger partial charge in [-0.2, -0.15) is 31.6 Å². The van der Waals surface area contributed by atoms with E-state index in [1.807, 2.05) is 6.07 Å². The number of phenols is 1. The molecule has 0 saturated carbocycles. The average molecular weight is 271 g/mol. The SMILES string of the molecule is FC(F)(F)CC(F)(F)F.N#Cc1ccc(O)cc1. The smallest absolute Gasteiger partial charge is 0.397 e. The van der Waals surface area contributed by atoms with Crippen LogP contribution < -0.4 is 0 Å². The van der Waals surface area contributed by atoms with E-state index >= 15 is 0 Å². The molecule has 0 saturated heterocycles. The molecular weight excluding hydrogens is 264 g/mol. The van der Waals surface area contributed by atoms with E-state index in [4.69, 9.17) is 10.4 Å². The number of nitrogens with zero attached hydrogens (tertiary/aromatic N) is 1.